The molecule has 0 radical (unpaired) electrons. The zero-order valence-corrected chi connectivity index (χ0v) is 13.4. The molecule has 114 valence electrons. The summed E-state index contributed by atoms with van der Waals surface area (Å²) in [6.07, 6.45) is 3.24. The molecular weight excluding hydrogens is 262 g/mol. The Kier molecular flexibility index (Phi) is 5.39. The van der Waals surface area contributed by atoms with Gasteiger partial charge in [-0.25, -0.2) is 0 Å². The van der Waals surface area contributed by atoms with Crippen molar-refractivity contribution in [3.63, 3.8) is 0 Å². The molecule has 1 heterocycles. The second kappa shape index (κ2) is 7.27. The summed E-state index contributed by atoms with van der Waals surface area (Å²) >= 11 is 0. The standard InChI is InChI=1S/C17H25N3O/c1-5-9-20-12-17(13(3)19-20)16-8-7-15(21-4)10-14(16)11-18-6-2/h7-8,10,12,18H,5-6,9,11H2,1-4H3. The highest BCUT2D eigenvalue weighted by Gasteiger charge is 2.12. The Hall–Kier alpha value is -1.81. The minimum Gasteiger partial charge on any atom is -0.497 e. The van der Waals surface area contributed by atoms with E-state index in [9.17, 15) is 0 Å². The first-order chi connectivity index (χ1) is 10.2. The van der Waals surface area contributed by atoms with Gasteiger partial charge in [0.05, 0.1) is 12.8 Å². The third kappa shape index (κ3) is 3.64. The molecule has 0 aliphatic heterocycles. The van der Waals surface area contributed by atoms with Crippen LogP contribution < -0.4 is 10.1 Å². The van der Waals surface area contributed by atoms with E-state index >= 15 is 0 Å². The molecule has 21 heavy (non-hydrogen) atoms. The number of hydrogen-bond donors (Lipinski definition) is 1. The average molecular weight is 287 g/mol. The maximum Gasteiger partial charge on any atom is 0.119 e. The molecule has 0 saturated heterocycles. The maximum absolute atomic E-state index is 5.35. The van der Waals surface area contributed by atoms with Gasteiger partial charge in [-0.2, -0.15) is 5.10 Å². The van der Waals surface area contributed by atoms with E-state index in [4.69, 9.17) is 4.74 Å². The third-order valence-electron chi connectivity index (χ3n) is 3.57. The van der Waals surface area contributed by atoms with Crippen LogP contribution in [0.15, 0.2) is 24.4 Å². The lowest BCUT2D eigenvalue weighted by Crippen LogP contribution is -2.12. The second-order valence-corrected chi connectivity index (χ2v) is 5.19. The zero-order valence-electron chi connectivity index (χ0n) is 13.4. The summed E-state index contributed by atoms with van der Waals surface area (Å²) < 4.78 is 7.38. The smallest absolute Gasteiger partial charge is 0.119 e. The van der Waals surface area contributed by atoms with Crippen LogP contribution in [0.3, 0.4) is 0 Å². The van der Waals surface area contributed by atoms with Crippen LogP contribution in [-0.2, 0) is 13.1 Å². The predicted molar refractivity (Wildman–Crippen MR) is 86.6 cm³/mol. The van der Waals surface area contributed by atoms with E-state index in [1.807, 2.05) is 10.7 Å². The first-order valence-corrected chi connectivity index (χ1v) is 7.61. The van der Waals surface area contributed by atoms with Gasteiger partial charge in [0.2, 0.25) is 0 Å². The Morgan fingerprint density at radius 1 is 1.24 bits per heavy atom. The highest BCUT2D eigenvalue weighted by Crippen LogP contribution is 2.29. The van der Waals surface area contributed by atoms with Crippen molar-refractivity contribution in [2.75, 3.05) is 13.7 Å². The summed E-state index contributed by atoms with van der Waals surface area (Å²) in [5.41, 5.74) is 4.76. The average Bonchev–Trinajstić information content (AvgIpc) is 2.85. The minimum absolute atomic E-state index is 0.835. The molecule has 0 spiro atoms. The van der Waals surface area contributed by atoms with Crippen LogP contribution in [0, 0.1) is 6.92 Å². The first kappa shape index (κ1) is 15.6. The van der Waals surface area contributed by atoms with E-state index in [2.05, 4.69) is 49.5 Å². The number of nitrogens with zero attached hydrogens (tertiary/aromatic N) is 2. The number of rotatable bonds is 7. The molecule has 2 rings (SSSR count). The lowest BCUT2D eigenvalue weighted by molar-refractivity contribution is 0.414. The van der Waals surface area contributed by atoms with E-state index < -0.39 is 0 Å². The molecule has 1 aromatic carbocycles. The molecule has 1 N–H and O–H groups in total. The van der Waals surface area contributed by atoms with Crippen molar-refractivity contribution >= 4 is 0 Å². The lowest BCUT2D eigenvalue weighted by atomic mass is 10.00. The van der Waals surface area contributed by atoms with Crippen molar-refractivity contribution in [3.05, 3.63) is 35.7 Å². The summed E-state index contributed by atoms with van der Waals surface area (Å²) in [7, 11) is 1.70. The van der Waals surface area contributed by atoms with Gasteiger partial charge in [-0.15, -0.1) is 0 Å². The highest BCUT2D eigenvalue weighted by molar-refractivity contribution is 5.69. The molecule has 0 atom stereocenters. The summed E-state index contributed by atoms with van der Waals surface area (Å²) in [4.78, 5) is 0. The van der Waals surface area contributed by atoms with Crippen LogP contribution in [0.1, 0.15) is 31.5 Å². The van der Waals surface area contributed by atoms with E-state index in [1.54, 1.807) is 7.11 Å². The molecular formula is C17H25N3O. The number of benzene rings is 1. The largest absolute Gasteiger partial charge is 0.497 e. The van der Waals surface area contributed by atoms with E-state index in [1.165, 1.54) is 16.7 Å². The van der Waals surface area contributed by atoms with Crippen LogP contribution in [0.25, 0.3) is 11.1 Å². The van der Waals surface area contributed by atoms with E-state index in [0.717, 1.165) is 37.5 Å². The van der Waals surface area contributed by atoms with Crippen LogP contribution in [0.4, 0.5) is 0 Å². The molecule has 0 amide bonds. The Morgan fingerprint density at radius 2 is 2.05 bits per heavy atom. The number of ether oxygens (including phenoxy) is 1. The first-order valence-electron chi connectivity index (χ1n) is 7.61. The molecule has 4 heteroatoms. The normalized spacial score (nSPS) is 10.9. The molecule has 0 unspecified atom stereocenters. The van der Waals surface area contributed by atoms with Gasteiger partial charge in [0.25, 0.3) is 0 Å². The number of aryl methyl sites for hydroxylation is 2. The zero-order chi connectivity index (χ0) is 15.2. The van der Waals surface area contributed by atoms with Gasteiger partial charge in [0.15, 0.2) is 0 Å². The fraction of sp³-hybridized carbons (Fsp3) is 0.471. The number of aromatic nitrogens is 2. The highest BCUT2D eigenvalue weighted by atomic mass is 16.5. The molecule has 1 aromatic heterocycles. The van der Waals surface area contributed by atoms with E-state index in [0.29, 0.717) is 0 Å². The number of hydrogen-bond acceptors (Lipinski definition) is 3. The van der Waals surface area contributed by atoms with Crippen molar-refractivity contribution in [3.8, 4) is 16.9 Å². The van der Waals surface area contributed by atoms with Gasteiger partial charge in [-0.1, -0.05) is 19.9 Å². The third-order valence-corrected chi connectivity index (χ3v) is 3.57. The van der Waals surface area contributed by atoms with Gasteiger partial charge in [0.1, 0.15) is 5.75 Å². The van der Waals surface area contributed by atoms with Gasteiger partial charge in [-0.3, -0.25) is 4.68 Å². The lowest BCUT2D eigenvalue weighted by Gasteiger charge is -2.11. The molecule has 2 aromatic rings. The Morgan fingerprint density at radius 3 is 2.71 bits per heavy atom. The fourth-order valence-corrected chi connectivity index (χ4v) is 2.49. The topological polar surface area (TPSA) is 39.1 Å². The molecule has 0 fully saturated rings. The predicted octanol–water partition coefficient (Wildman–Crippen LogP) is 3.39. The van der Waals surface area contributed by atoms with Crippen molar-refractivity contribution in [1.82, 2.24) is 15.1 Å². The molecule has 4 nitrogen and oxygen atoms in total. The van der Waals surface area contributed by atoms with Gasteiger partial charge >= 0.3 is 0 Å². The summed E-state index contributed by atoms with van der Waals surface area (Å²) in [5, 5.41) is 8.00. The van der Waals surface area contributed by atoms with Crippen molar-refractivity contribution < 1.29 is 4.74 Å². The van der Waals surface area contributed by atoms with Gasteiger partial charge in [0, 0.05) is 24.8 Å². The fourth-order valence-electron chi connectivity index (χ4n) is 2.49. The second-order valence-electron chi connectivity index (χ2n) is 5.19. The van der Waals surface area contributed by atoms with Crippen molar-refractivity contribution in [2.45, 2.75) is 40.3 Å². The van der Waals surface area contributed by atoms with Crippen LogP contribution in [-0.4, -0.2) is 23.4 Å². The Labute approximate surface area is 127 Å². The quantitative estimate of drug-likeness (QED) is 0.848. The summed E-state index contributed by atoms with van der Waals surface area (Å²) in [5.74, 6) is 0.894. The summed E-state index contributed by atoms with van der Waals surface area (Å²) in [6, 6.07) is 6.25. The minimum atomic E-state index is 0.835. The number of methoxy groups -OCH3 is 1. The Bertz CT molecular complexity index is 590. The maximum atomic E-state index is 5.35. The monoisotopic (exact) mass is 287 g/mol. The van der Waals surface area contributed by atoms with Crippen LogP contribution >= 0.6 is 0 Å². The Balaban J connectivity index is 2.41. The SMILES string of the molecule is CCCn1cc(-c2ccc(OC)cc2CNCC)c(C)n1. The summed E-state index contributed by atoms with van der Waals surface area (Å²) in [6.45, 7) is 9.10. The number of nitrogens with one attached hydrogen (secondary N) is 1. The molecule has 0 saturated carbocycles. The van der Waals surface area contributed by atoms with Gasteiger partial charge in [-0.05, 0) is 43.1 Å². The van der Waals surface area contributed by atoms with Crippen molar-refractivity contribution in [2.24, 2.45) is 0 Å². The van der Waals surface area contributed by atoms with Crippen LogP contribution in [0.5, 0.6) is 5.75 Å². The van der Waals surface area contributed by atoms with Gasteiger partial charge < -0.3 is 10.1 Å². The molecule has 0 bridgehead atoms. The molecule has 0 aliphatic carbocycles. The van der Waals surface area contributed by atoms with Crippen LogP contribution in [0.2, 0.25) is 0 Å². The van der Waals surface area contributed by atoms with Crippen molar-refractivity contribution in [1.29, 1.82) is 0 Å². The molecule has 0 aliphatic rings. The van der Waals surface area contributed by atoms with E-state index in [-0.39, 0.29) is 0 Å².